The maximum atomic E-state index is 13.5. The van der Waals surface area contributed by atoms with Gasteiger partial charge < -0.3 is 10.4 Å². The van der Waals surface area contributed by atoms with Gasteiger partial charge in [0.1, 0.15) is 10.6 Å². The molecule has 3 aromatic rings. The molecule has 0 amide bonds. The normalized spacial score (nSPS) is 15.4. The highest BCUT2D eigenvalue weighted by Crippen LogP contribution is 2.34. The third-order valence-electron chi connectivity index (χ3n) is 4.88. The van der Waals surface area contributed by atoms with Gasteiger partial charge in [0, 0.05) is 11.4 Å². The van der Waals surface area contributed by atoms with Crippen LogP contribution in [-0.4, -0.2) is 27.3 Å². The number of halogens is 1. The fourth-order valence-corrected chi connectivity index (χ4v) is 4.82. The van der Waals surface area contributed by atoms with Gasteiger partial charge in [-0.1, -0.05) is 6.42 Å². The number of nitrogens with one attached hydrogen (secondary N) is 1. The minimum Gasteiger partial charge on any atom is -0.392 e. The summed E-state index contributed by atoms with van der Waals surface area (Å²) >= 11 is 1.60. The lowest BCUT2D eigenvalue weighted by molar-refractivity contribution is 0.208. The molecule has 0 saturated carbocycles. The first-order valence-corrected chi connectivity index (χ1v) is 10.1. The Labute approximate surface area is 160 Å². The van der Waals surface area contributed by atoms with E-state index in [0.717, 1.165) is 36.1 Å². The van der Waals surface area contributed by atoms with Crippen molar-refractivity contribution in [2.24, 2.45) is 0 Å². The molecular weight excluding hydrogens is 365 g/mol. The Hall–Kier alpha value is -2.25. The minimum atomic E-state index is -0.584. The number of aliphatic hydroxyl groups excluding tert-OH is 1. The summed E-state index contributed by atoms with van der Waals surface area (Å²) in [5.74, 6) is 0.0140. The highest BCUT2D eigenvalue weighted by atomic mass is 32.1. The van der Waals surface area contributed by atoms with Crippen molar-refractivity contribution in [1.82, 2.24) is 9.55 Å². The summed E-state index contributed by atoms with van der Waals surface area (Å²) in [4.78, 5) is 20.2. The van der Waals surface area contributed by atoms with E-state index < -0.39 is 6.10 Å². The van der Waals surface area contributed by atoms with Crippen molar-refractivity contribution in [2.75, 3.05) is 11.9 Å². The van der Waals surface area contributed by atoms with Crippen molar-refractivity contribution in [3.63, 3.8) is 0 Å². The maximum Gasteiger partial charge on any atom is 0.268 e. The van der Waals surface area contributed by atoms with E-state index in [0.29, 0.717) is 17.0 Å². The first-order chi connectivity index (χ1) is 13.0. The molecule has 1 aliphatic carbocycles. The van der Waals surface area contributed by atoms with Gasteiger partial charge in [-0.25, -0.2) is 13.9 Å². The molecule has 2 heterocycles. The van der Waals surface area contributed by atoms with E-state index in [2.05, 4.69) is 5.32 Å². The molecular formula is C20H22FN3O2S. The van der Waals surface area contributed by atoms with E-state index in [1.807, 2.05) is 0 Å². The van der Waals surface area contributed by atoms with E-state index in [4.69, 9.17) is 4.98 Å². The first kappa shape index (κ1) is 18.1. The minimum absolute atomic E-state index is 0.140. The lowest BCUT2D eigenvalue weighted by atomic mass is 10.1. The van der Waals surface area contributed by atoms with Crippen molar-refractivity contribution < 1.29 is 9.50 Å². The average Bonchev–Trinajstić information content (AvgIpc) is 2.82. The zero-order valence-corrected chi connectivity index (χ0v) is 16.0. The number of thiophene rings is 1. The van der Waals surface area contributed by atoms with Crippen molar-refractivity contribution in [3.8, 4) is 5.69 Å². The number of hydrogen-bond acceptors (Lipinski definition) is 5. The molecule has 1 unspecified atom stereocenters. The summed E-state index contributed by atoms with van der Waals surface area (Å²) in [6.45, 7) is 1.93. The Morgan fingerprint density at radius 2 is 2.00 bits per heavy atom. The number of benzene rings is 1. The number of aryl methyl sites for hydroxylation is 2. The second-order valence-electron chi connectivity index (χ2n) is 7.03. The highest BCUT2D eigenvalue weighted by molar-refractivity contribution is 7.18. The predicted molar refractivity (Wildman–Crippen MR) is 107 cm³/mol. The lowest BCUT2D eigenvalue weighted by Crippen LogP contribution is -2.26. The van der Waals surface area contributed by atoms with E-state index in [1.54, 1.807) is 30.4 Å². The van der Waals surface area contributed by atoms with Crippen molar-refractivity contribution in [3.05, 3.63) is 50.9 Å². The number of fused-ring (bicyclic) bond motifs is 3. The van der Waals surface area contributed by atoms with Gasteiger partial charge in [0.05, 0.1) is 17.2 Å². The molecule has 2 N–H and O–H groups in total. The molecule has 27 heavy (non-hydrogen) atoms. The molecule has 0 saturated heterocycles. The molecule has 0 aliphatic heterocycles. The third-order valence-corrected chi connectivity index (χ3v) is 6.07. The van der Waals surface area contributed by atoms with Gasteiger partial charge in [-0.15, -0.1) is 11.3 Å². The van der Waals surface area contributed by atoms with E-state index in [1.165, 1.54) is 28.0 Å². The zero-order chi connectivity index (χ0) is 19.0. The number of aliphatic hydroxyl groups is 1. The van der Waals surface area contributed by atoms with Crippen LogP contribution in [0.1, 0.15) is 36.6 Å². The summed E-state index contributed by atoms with van der Waals surface area (Å²) in [6, 6.07) is 5.81. The molecule has 1 aromatic carbocycles. The monoisotopic (exact) mass is 387 g/mol. The molecule has 0 spiro atoms. The number of rotatable bonds is 4. The average molecular weight is 387 g/mol. The molecule has 4 rings (SSSR count). The molecule has 1 atom stereocenters. The smallest absolute Gasteiger partial charge is 0.268 e. The third kappa shape index (κ3) is 3.49. The summed E-state index contributed by atoms with van der Waals surface area (Å²) in [5, 5.41) is 13.4. The Balaban J connectivity index is 1.95. The standard InChI is InChI=1S/C20H22FN3O2S/c1-12(25)11-22-20-23-18-17(15-5-3-2-4-6-16(15)27-18)19(26)24(20)14-9-7-13(21)8-10-14/h7-10,12,25H,2-6,11H2,1H3,(H,22,23). The van der Waals surface area contributed by atoms with Crippen LogP contribution >= 0.6 is 11.3 Å². The fourth-order valence-electron chi connectivity index (χ4n) is 3.57. The summed E-state index contributed by atoms with van der Waals surface area (Å²) in [6.07, 6.45) is 4.70. The van der Waals surface area contributed by atoms with Crippen LogP contribution in [0.4, 0.5) is 10.3 Å². The summed E-state index contributed by atoms with van der Waals surface area (Å²) in [7, 11) is 0. The number of aromatic nitrogens is 2. The molecule has 0 bridgehead atoms. The maximum absolute atomic E-state index is 13.5. The van der Waals surface area contributed by atoms with Crippen LogP contribution in [0.2, 0.25) is 0 Å². The Kier molecular flexibility index (Phi) is 4.97. The van der Waals surface area contributed by atoms with Gasteiger partial charge in [-0.05, 0) is 62.4 Å². The topological polar surface area (TPSA) is 67.2 Å². The Morgan fingerprint density at radius 3 is 2.74 bits per heavy atom. The molecule has 1 aliphatic rings. The number of hydrogen-bond donors (Lipinski definition) is 2. The van der Waals surface area contributed by atoms with Crippen LogP contribution in [0, 0.1) is 5.82 Å². The van der Waals surface area contributed by atoms with Crippen molar-refractivity contribution in [1.29, 1.82) is 0 Å². The van der Waals surface area contributed by atoms with Crippen LogP contribution < -0.4 is 10.9 Å². The molecule has 7 heteroatoms. The van der Waals surface area contributed by atoms with E-state index >= 15 is 0 Å². The quantitative estimate of drug-likeness (QED) is 0.671. The second-order valence-corrected chi connectivity index (χ2v) is 8.11. The van der Waals surface area contributed by atoms with E-state index in [-0.39, 0.29) is 17.9 Å². The largest absolute Gasteiger partial charge is 0.392 e. The van der Waals surface area contributed by atoms with Crippen LogP contribution in [0.25, 0.3) is 15.9 Å². The van der Waals surface area contributed by atoms with Crippen molar-refractivity contribution >= 4 is 27.5 Å². The second kappa shape index (κ2) is 7.40. The first-order valence-electron chi connectivity index (χ1n) is 9.30. The SMILES string of the molecule is CC(O)CNc1nc2sc3c(c2c(=O)n1-c1ccc(F)cc1)CCCCC3. The Morgan fingerprint density at radius 1 is 1.26 bits per heavy atom. The van der Waals surface area contributed by atoms with Crippen LogP contribution in [0.15, 0.2) is 29.1 Å². The molecule has 0 radical (unpaired) electrons. The number of anilines is 1. The highest BCUT2D eigenvalue weighted by Gasteiger charge is 2.22. The summed E-state index contributed by atoms with van der Waals surface area (Å²) in [5.41, 5.74) is 1.54. The van der Waals surface area contributed by atoms with E-state index in [9.17, 15) is 14.3 Å². The van der Waals surface area contributed by atoms with Gasteiger partial charge in [0.15, 0.2) is 0 Å². The van der Waals surface area contributed by atoms with Gasteiger partial charge in [0.2, 0.25) is 5.95 Å². The lowest BCUT2D eigenvalue weighted by Gasteiger charge is -2.15. The van der Waals surface area contributed by atoms with Gasteiger partial charge >= 0.3 is 0 Å². The van der Waals surface area contributed by atoms with Crippen LogP contribution in [0.3, 0.4) is 0 Å². The van der Waals surface area contributed by atoms with Crippen molar-refractivity contribution in [2.45, 2.75) is 45.1 Å². The molecule has 2 aromatic heterocycles. The molecule has 5 nitrogen and oxygen atoms in total. The van der Waals surface area contributed by atoms with Crippen LogP contribution in [0.5, 0.6) is 0 Å². The van der Waals surface area contributed by atoms with Crippen LogP contribution in [-0.2, 0) is 12.8 Å². The fraction of sp³-hybridized carbons (Fsp3) is 0.400. The van der Waals surface area contributed by atoms with Gasteiger partial charge in [0.25, 0.3) is 5.56 Å². The Bertz CT molecular complexity index is 1020. The number of nitrogens with zero attached hydrogens (tertiary/aromatic N) is 2. The molecule has 142 valence electrons. The predicted octanol–water partition coefficient (Wildman–Crippen LogP) is 3.65. The molecule has 0 fully saturated rings. The van der Waals surface area contributed by atoms with Gasteiger partial charge in [-0.2, -0.15) is 0 Å². The summed E-state index contributed by atoms with van der Waals surface area (Å²) < 4.78 is 14.9. The zero-order valence-electron chi connectivity index (χ0n) is 15.2. The van der Waals surface area contributed by atoms with Gasteiger partial charge in [-0.3, -0.25) is 4.79 Å².